The number of rotatable bonds is 3. The molecule has 2 aromatic rings. The van der Waals surface area contributed by atoms with Crippen molar-refractivity contribution in [1.82, 2.24) is 4.98 Å². The molecule has 2 heterocycles. The fraction of sp³-hybridized carbons (Fsp3) is 0.133. The Balaban J connectivity index is 1.98. The highest BCUT2D eigenvalue weighted by molar-refractivity contribution is 6.10. The molecule has 0 saturated carbocycles. The summed E-state index contributed by atoms with van der Waals surface area (Å²) in [7, 11) is 0. The Bertz CT molecular complexity index is 726. The lowest BCUT2D eigenvalue weighted by Gasteiger charge is -2.06. The molecule has 0 amide bonds. The summed E-state index contributed by atoms with van der Waals surface area (Å²) in [4.78, 5) is 27.2. The first-order valence-corrected chi connectivity index (χ1v) is 6.22. The maximum absolute atomic E-state index is 12.4. The Morgan fingerprint density at radius 2 is 1.95 bits per heavy atom. The van der Waals surface area contributed by atoms with Crippen molar-refractivity contribution >= 4 is 11.8 Å². The van der Waals surface area contributed by atoms with Crippen LogP contribution >= 0.6 is 0 Å². The molecule has 0 aliphatic carbocycles. The van der Waals surface area contributed by atoms with E-state index in [4.69, 9.17) is 14.6 Å². The van der Waals surface area contributed by atoms with Crippen LogP contribution in [0.15, 0.2) is 36.7 Å². The number of aryl methyl sites for hydroxylation is 1. The molecular weight excluding hydrogens is 274 g/mol. The highest BCUT2D eigenvalue weighted by Crippen LogP contribution is 2.37. The van der Waals surface area contributed by atoms with Crippen molar-refractivity contribution in [3.05, 3.63) is 53.3 Å². The van der Waals surface area contributed by atoms with E-state index in [-0.39, 0.29) is 11.5 Å². The maximum Gasteiger partial charge on any atom is 0.387 e. The summed E-state index contributed by atoms with van der Waals surface area (Å²) in [6, 6.07) is 6.44. The lowest BCUT2D eigenvalue weighted by atomic mass is 9.99. The minimum absolute atomic E-state index is 0.203. The minimum atomic E-state index is -1.37. The number of carboxylic acids is 1. The Hall–Kier alpha value is -2.89. The van der Waals surface area contributed by atoms with Crippen LogP contribution in [0.25, 0.3) is 0 Å². The highest BCUT2D eigenvalue weighted by atomic mass is 16.7. The van der Waals surface area contributed by atoms with E-state index in [1.54, 1.807) is 31.3 Å². The van der Waals surface area contributed by atoms with Gasteiger partial charge in [-0.2, -0.15) is 0 Å². The SMILES string of the molecule is Cc1cc2c(cc1C(=O)c1cccnc1)OC(C(=O)O)O2. The summed E-state index contributed by atoms with van der Waals surface area (Å²) in [6.07, 6.45) is 1.69. The second-order valence-corrected chi connectivity index (χ2v) is 4.59. The van der Waals surface area contributed by atoms with Gasteiger partial charge in [0.25, 0.3) is 0 Å². The van der Waals surface area contributed by atoms with Crippen molar-refractivity contribution in [2.45, 2.75) is 13.2 Å². The quantitative estimate of drug-likeness (QED) is 0.865. The molecule has 6 heteroatoms. The number of pyridine rings is 1. The van der Waals surface area contributed by atoms with Crippen LogP contribution in [-0.2, 0) is 4.79 Å². The summed E-state index contributed by atoms with van der Waals surface area (Å²) in [5, 5.41) is 8.89. The van der Waals surface area contributed by atoms with Crippen molar-refractivity contribution in [1.29, 1.82) is 0 Å². The van der Waals surface area contributed by atoms with Gasteiger partial charge >= 0.3 is 12.3 Å². The summed E-state index contributed by atoms with van der Waals surface area (Å²) < 4.78 is 10.3. The van der Waals surface area contributed by atoms with Gasteiger partial charge in [-0.25, -0.2) is 4.79 Å². The molecule has 6 nitrogen and oxygen atoms in total. The molecule has 1 N–H and O–H groups in total. The minimum Gasteiger partial charge on any atom is -0.476 e. The second kappa shape index (κ2) is 4.90. The van der Waals surface area contributed by atoms with Crippen molar-refractivity contribution in [3.63, 3.8) is 0 Å². The van der Waals surface area contributed by atoms with E-state index < -0.39 is 12.3 Å². The average molecular weight is 285 g/mol. The molecule has 21 heavy (non-hydrogen) atoms. The Morgan fingerprint density at radius 1 is 1.24 bits per heavy atom. The summed E-state index contributed by atoms with van der Waals surface area (Å²) >= 11 is 0. The molecule has 0 radical (unpaired) electrons. The standard InChI is InChI=1S/C15H11NO5/c1-8-5-11-12(21-15(20-11)14(18)19)6-10(8)13(17)9-3-2-4-16-7-9/h2-7,15H,1H3,(H,18,19). The smallest absolute Gasteiger partial charge is 0.387 e. The number of aromatic nitrogens is 1. The number of aliphatic carboxylic acids is 1. The third-order valence-electron chi connectivity index (χ3n) is 3.13. The van der Waals surface area contributed by atoms with E-state index in [1.165, 1.54) is 12.3 Å². The van der Waals surface area contributed by atoms with Crippen LogP contribution < -0.4 is 9.47 Å². The van der Waals surface area contributed by atoms with Crippen molar-refractivity contribution in [2.75, 3.05) is 0 Å². The van der Waals surface area contributed by atoms with Crippen LogP contribution in [0.4, 0.5) is 0 Å². The molecule has 0 fully saturated rings. The first kappa shape index (κ1) is 13.1. The first-order valence-electron chi connectivity index (χ1n) is 6.22. The first-order chi connectivity index (χ1) is 10.1. The molecule has 0 saturated heterocycles. The number of carbonyl (C=O) groups excluding carboxylic acids is 1. The van der Waals surface area contributed by atoms with Crippen LogP contribution in [0.5, 0.6) is 11.5 Å². The van der Waals surface area contributed by atoms with Gasteiger partial charge in [-0.3, -0.25) is 9.78 Å². The number of carbonyl (C=O) groups is 2. The summed E-state index contributed by atoms with van der Waals surface area (Å²) in [5.41, 5.74) is 1.56. The van der Waals surface area contributed by atoms with Gasteiger partial charge in [0.15, 0.2) is 17.3 Å². The van der Waals surface area contributed by atoms with Gasteiger partial charge in [0, 0.05) is 23.5 Å². The number of hydrogen-bond donors (Lipinski definition) is 1. The molecular formula is C15H11NO5. The van der Waals surface area contributed by atoms with E-state index in [0.717, 1.165) is 0 Å². The van der Waals surface area contributed by atoms with Crippen LogP contribution in [0.3, 0.4) is 0 Å². The van der Waals surface area contributed by atoms with Crippen molar-refractivity contribution in [3.8, 4) is 11.5 Å². The van der Waals surface area contributed by atoms with Crippen LogP contribution in [-0.4, -0.2) is 28.1 Å². The predicted octanol–water partition coefficient (Wildman–Crippen LogP) is 1.80. The van der Waals surface area contributed by atoms with E-state index in [2.05, 4.69) is 4.98 Å². The van der Waals surface area contributed by atoms with E-state index in [0.29, 0.717) is 22.4 Å². The molecule has 0 spiro atoms. The van der Waals surface area contributed by atoms with Crippen LogP contribution in [0.1, 0.15) is 21.5 Å². The zero-order valence-corrected chi connectivity index (χ0v) is 11.1. The topological polar surface area (TPSA) is 85.7 Å². The van der Waals surface area contributed by atoms with Crippen LogP contribution in [0.2, 0.25) is 0 Å². The monoisotopic (exact) mass is 285 g/mol. The molecule has 1 aromatic heterocycles. The van der Waals surface area contributed by atoms with E-state index in [1.807, 2.05) is 0 Å². The Kier molecular flexibility index (Phi) is 3.06. The molecule has 106 valence electrons. The summed E-state index contributed by atoms with van der Waals surface area (Å²) in [5.74, 6) is -0.849. The van der Waals surface area contributed by atoms with Crippen molar-refractivity contribution in [2.24, 2.45) is 0 Å². The molecule has 1 unspecified atom stereocenters. The van der Waals surface area contributed by atoms with E-state index >= 15 is 0 Å². The zero-order chi connectivity index (χ0) is 15.0. The largest absolute Gasteiger partial charge is 0.476 e. The average Bonchev–Trinajstić information content (AvgIpc) is 2.89. The van der Waals surface area contributed by atoms with Gasteiger partial charge < -0.3 is 14.6 Å². The number of fused-ring (bicyclic) bond motifs is 1. The third-order valence-corrected chi connectivity index (χ3v) is 3.13. The third kappa shape index (κ3) is 2.31. The molecule has 0 bridgehead atoms. The van der Waals surface area contributed by atoms with Gasteiger partial charge in [0.2, 0.25) is 0 Å². The fourth-order valence-corrected chi connectivity index (χ4v) is 2.10. The molecule has 3 rings (SSSR count). The van der Waals surface area contributed by atoms with Gasteiger partial charge in [0.1, 0.15) is 0 Å². The number of benzene rings is 1. The highest BCUT2D eigenvalue weighted by Gasteiger charge is 2.31. The number of hydrogen-bond acceptors (Lipinski definition) is 5. The van der Waals surface area contributed by atoms with Crippen LogP contribution in [0, 0.1) is 6.92 Å². The normalized spacial score (nSPS) is 15.8. The molecule has 1 atom stereocenters. The van der Waals surface area contributed by atoms with Gasteiger partial charge in [0.05, 0.1) is 0 Å². The maximum atomic E-state index is 12.4. The number of carboxylic acid groups (broad SMARTS) is 1. The number of nitrogens with zero attached hydrogens (tertiary/aromatic N) is 1. The lowest BCUT2D eigenvalue weighted by Crippen LogP contribution is -2.28. The molecule has 1 aromatic carbocycles. The number of ketones is 1. The molecule has 1 aliphatic heterocycles. The Morgan fingerprint density at radius 3 is 2.57 bits per heavy atom. The van der Waals surface area contributed by atoms with Gasteiger partial charge in [-0.15, -0.1) is 0 Å². The van der Waals surface area contributed by atoms with E-state index in [9.17, 15) is 9.59 Å². The van der Waals surface area contributed by atoms with Gasteiger partial charge in [-0.1, -0.05) is 0 Å². The van der Waals surface area contributed by atoms with Gasteiger partial charge in [-0.05, 0) is 36.8 Å². The predicted molar refractivity (Wildman–Crippen MR) is 71.5 cm³/mol. The zero-order valence-electron chi connectivity index (χ0n) is 11.1. The fourth-order valence-electron chi connectivity index (χ4n) is 2.10. The summed E-state index contributed by atoms with van der Waals surface area (Å²) in [6.45, 7) is 1.75. The lowest BCUT2D eigenvalue weighted by molar-refractivity contribution is -0.154. The molecule has 1 aliphatic rings. The second-order valence-electron chi connectivity index (χ2n) is 4.59. The Labute approximate surface area is 120 Å². The van der Waals surface area contributed by atoms with Crippen molar-refractivity contribution < 1.29 is 24.2 Å². The number of ether oxygens (including phenoxy) is 2.